The average molecular weight is 449 g/mol. The van der Waals surface area contributed by atoms with Gasteiger partial charge in [-0.2, -0.15) is 0 Å². The molecule has 0 spiro atoms. The summed E-state index contributed by atoms with van der Waals surface area (Å²) in [6.07, 6.45) is 1.31. The first-order valence-electron chi connectivity index (χ1n) is 9.45. The van der Waals surface area contributed by atoms with Crippen molar-refractivity contribution < 1.29 is 0 Å². The molecule has 6 nitrogen and oxygen atoms in total. The van der Waals surface area contributed by atoms with Crippen molar-refractivity contribution in [2.75, 3.05) is 7.05 Å². The van der Waals surface area contributed by atoms with Crippen LogP contribution in [0.4, 0.5) is 11.4 Å². The number of aliphatic imine (C=N–C) groups is 2. The molecule has 0 aliphatic heterocycles. The molecule has 158 valence electrons. The van der Waals surface area contributed by atoms with Crippen molar-refractivity contribution in [2.24, 2.45) is 32.9 Å². The van der Waals surface area contributed by atoms with Gasteiger partial charge in [-0.15, -0.1) is 22.7 Å². The van der Waals surface area contributed by atoms with Crippen LogP contribution in [0.15, 0.2) is 82.8 Å². The van der Waals surface area contributed by atoms with Gasteiger partial charge in [0.25, 0.3) is 0 Å². The molecule has 0 bridgehead atoms. The average Bonchev–Trinajstić information content (AvgIpc) is 3.46. The molecule has 0 unspecified atom stereocenters. The van der Waals surface area contributed by atoms with Crippen LogP contribution in [-0.4, -0.2) is 19.3 Å². The zero-order valence-electron chi connectivity index (χ0n) is 17.0. The normalized spacial score (nSPS) is 10.5. The van der Waals surface area contributed by atoms with E-state index >= 15 is 0 Å². The molecule has 0 saturated carbocycles. The van der Waals surface area contributed by atoms with E-state index in [4.69, 9.17) is 17.2 Å². The standard InChI is InChI=1S/C22H19N5S2.CH5N/c23-13-26-16-5-1-14(2-6-16)18-9-11-20(28-18)21-12-10-19(29-21)15-3-7-17(8-4-15)27-22(24)25;1-2/h1-13H,(H2,23,26)(H4,24,25,27);2H2,1H3. The van der Waals surface area contributed by atoms with Crippen LogP contribution >= 0.6 is 22.7 Å². The fourth-order valence-electron chi connectivity index (χ4n) is 2.90. The van der Waals surface area contributed by atoms with Gasteiger partial charge in [0.1, 0.15) is 0 Å². The van der Waals surface area contributed by atoms with Gasteiger partial charge in [0.15, 0.2) is 5.96 Å². The Morgan fingerprint density at radius 2 is 1.06 bits per heavy atom. The molecule has 0 aliphatic rings. The van der Waals surface area contributed by atoms with E-state index in [1.807, 2.05) is 36.4 Å². The molecule has 0 saturated heterocycles. The van der Waals surface area contributed by atoms with Gasteiger partial charge in [-0.3, -0.25) is 0 Å². The number of nitrogens with zero attached hydrogens (tertiary/aromatic N) is 2. The maximum atomic E-state index is 5.43. The number of nitrogens with two attached hydrogens (primary N) is 4. The van der Waals surface area contributed by atoms with Crippen LogP contribution in [0, 0.1) is 0 Å². The van der Waals surface area contributed by atoms with Gasteiger partial charge < -0.3 is 22.9 Å². The highest BCUT2D eigenvalue weighted by molar-refractivity contribution is 7.25. The van der Waals surface area contributed by atoms with Crippen molar-refractivity contribution >= 4 is 46.3 Å². The number of thiophene rings is 2. The lowest BCUT2D eigenvalue weighted by Gasteiger charge is -1.99. The van der Waals surface area contributed by atoms with Crippen molar-refractivity contribution in [3.05, 3.63) is 72.8 Å². The summed E-state index contributed by atoms with van der Waals surface area (Å²) in [5.74, 6) is 0.0615. The van der Waals surface area contributed by atoms with Crippen molar-refractivity contribution in [2.45, 2.75) is 0 Å². The van der Waals surface area contributed by atoms with Crippen LogP contribution in [0.3, 0.4) is 0 Å². The lowest BCUT2D eigenvalue weighted by atomic mass is 10.1. The minimum absolute atomic E-state index is 0.0615. The molecule has 2 heterocycles. The van der Waals surface area contributed by atoms with Gasteiger partial charge in [0, 0.05) is 19.5 Å². The summed E-state index contributed by atoms with van der Waals surface area (Å²) in [7, 11) is 1.50. The molecular weight excluding hydrogens is 424 g/mol. The first kappa shape index (κ1) is 22.2. The smallest absolute Gasteiger partial charge is 0.191 e. The van der Waals surface area contributed by atoms with Crippen LogP contribution < -0.4 is 22.9 Å². The Bertz CT molecular complexity index is 1170. The predicted molar refractivity (Wildman–Crippen MR) is 136 cm³/mol. The summed E-state index contributed by atoms with van der Waals surface area (Å²) in [5, 5.41) is 0. The van der Waals surface area contributed by atoms with E-state index in [-0.39, 0.29) is 5.96 Å². The lowest BCUT2D eigenvalue weighted by molar-refractivity contribution is 1.42. The predicted octanol–water partition coefficient (Wildman–Crippen LogP) is 4.91. The second kappa shape index (κ2) is 10.5. The summed E-state index contributed by atoms with van der Waals surface area (Å²) in [4.78, 5) is 13.1. The number of hydrogen-bond donors (Lipinski definition) is 4. The van der Waals surface area contributed by atoms with Crippen LogP contribution in [0.2, 0.25) is 0 Å². The van der Waals surface area contributed by atoms with E-state index in [9.17, 15) is 0 Å². The van der Waals surface area contributed by atoms with Gasteiger partial charge in [-0.1, -0.05) is 24.3 Å². The van der Waals surface area contributed by atoms with Crippen LogP contribution in [-0.2, 0) is 0 Å². The summed E-state index contributed by atoms with van der Waals surface area (Å²) in [5.41, 5.74) is 24.6. The summed E-state index contributed by atoms with van der Waals surface area (Å²) in [6, 6.07) is 24.6. The summed E-state index contributed by atoms with van der Waals surface area (Å²) >= 11 is 3.55. The molecular formula is C23H24N6S2. The molecule has 0 aliphatic carbocycles. The molecule has 2 aromatic carbocycles. The van der Waals surface area contributed by atoms with Crippen molar-refractivity contribution in [3.8, 4) is 30.6 Å². The van der Waals surface area contributed by atoms with E-state index < -0.39 is 0 Å². The highest BCUT2D eigenvalue weighted by Gasteiger charge is 2.09. The van der Waals surface area contributed by atoms with Gasteiger partial charge >= 0.3 is 0 Å². The molecule has 2 aromatic heterocycles. The number of rotatable bonds is 5. The monoisotopic (exact) mass is 448 g/mol. The molecule has 0 fully saturated rings. The van der Waals surface area contributed by atoms with Crippen LogP contribution in [0.25, 0.3) is 30.6 Å². The quantitative estimate of drug-likeness (QED) is 0.255. The van der Waals surface area contributed by atoms with E-state index in [1.165, 1.54) is 38.5 Å². The molecule has 0 radical (unpaired) electrons. The largest absolute Gasteiger partial charge is 0.390 e. The van der Waals surface area contributed by atoms with E-state index in [2.05, 4.69) is 52.1 Å². The van der Waals surface area contributed by atoms with Crippen molar-refractivity contribution in [1.29, 1.82) is 0 Å². The third kappa shape index (κ3) is 5.58. The van der Waals surface area contributed by atoms with Crippen LogP contribution in [0.5, 0.6) is 0 Å². The number of benzene rings is 2. The Labute approximate surface area is 189 Å². The van der Waals surface area contributed by atoms with Crippen molar-refractivity contribution in [3.63, 3.8) is 0 Å². The van der Waals surface area contributed by atoms with E-state index in [1.54, 1.807) is 22.7 Å². The number of hydrogen-bond acceptors (Lipinski definition) is 5. The van der Waals surface area contributed by atoms with Crippen LogP contribution in [0.1, 0.15) is 0 Å². The minimum atomic E-state index is 0.0615. The highest BCUT2D eigenvalue weighted by Crippen LogP contribution is 2.40. The van der Waals surface area contributed by atoms with Gasteiger partial charge in [-0.25, -0.2) is 9.98 Å². The number of guanidine groups is 1. The first-order chi connectivity index (χ1) is 15.1. The maximum absolute atomic E-state index is 5.43. The molecule has 8 N–H and O–H groups in total. The maximum Gasteiger partial charge on any atom is 0.191 e. The fourth-order valence-corrected chi connectivity index (χ4v) is 5.01. The third-order valence-electron chi connectivity index (χ3n) is 4.24. The topological polar surface area (TPSA) is 129 Å². The molecule has 0 atom stereocenters. The van der Waals surface area contributed by atoms with Gasteiger partial charge in [-0.05, 0) is 66.7 Å². The first-order valence-corrected chi connectivity index (χ1v) is 11.1. The second-order valence-corrected chi connectivity index (χ2v) is 8.40. The fraction of sp³-hybridized carbons (Fsp3) is 0.0435. The van der Waals surface area contributed by atoms with E-state index in [0.717, 1.165) is 16.9 Å². The molecule has 31 heavy (non-hydrogen) atoms. The highest BCUT2D eigenvalue weighted by atomic mass is 32.1. The molecule has 4 rings (SSSR count). The SMILES string of the molecule is CN.NC=Nc1ccc(-c2ccc(-c3ccc(-c4ccc(N=C(N)N)cc4)s3)s2)cc1. The third-order valence-corrected chi connectivity index (χ3v) is 6.70. The van der Waals surface area contributed by atoms with Crippen molar-refractivity contribution in [1.82, 2.24) is 0 Å². The summed E-state index contributed by atoms with van der Waals surface area (Å²) < 4.78 is 0. The lowest BCUT2D eigenvalue weighted by Crippen LogP contribution is -2.21. The second-order valence-electron chi connectivity index (χ2n) is 6.24. The zero-order chi connectivity index (χ0) is 22.2. The van der Waals surface area contributed by atoms with E-state index in [0.29, 0.717) is 0 Å². The van der Waals surface area contributed by atoms with Gasteiger partial charge in [0.2, 0.25) is 0 Å². The summed E-state index contributed by atoms with van der Waals surface area (Å²) in [6.45, 7) is 0. The minimum Gasteiger partial charge on any atom is -0.390 e. The van der Waals surface area contributed by atoms with Gasteiger partial charge in [0.05, 0.1) is 17.7 Å². The Kier molecular flexibility index (Phi) is 7.55. The zero-order valence-corrected chi connectivity index (χ0v) is 18.7. The Hall–Kier alpha value is -3.46. The molecule has 8 heteroatoms. The Morgan fingerprint density at radius 3 is 1.48 bits per heavy atom. The Balaban J connectivity index is 0.00000132. The molecule has 4 aromatic rings. The Morgan fingerprint density at radius 1 is 0.645 bits per heavy atom. The molecule has 0 amide bonds.